The number of benzene rings is 1. The normalized spacial score (nSPS) is 10.0. The first-order chi connectivity index (χ1) is 6.49. The Balaban J connectivity index is 3.52. The number of nitro benzene ring substituents is 1. The number of rotatable bonds is 2. The van der Waals surface area contributed by atoms with Gasteiger partial charge in [-0.3, -0.25) is 10.1 Å². The van der Waals surface area contributed by atoms with Crippen molar-refractivity contribution in [3.63, 3.8) is 0 Å². The topological polar surface area (TPSA) is 52.4 Å². The summed E-state index contributed by atoms with van der Waals surface area (Å²) in [4.78, 5) is 10.4. The third-order valence-electron chi connectivity index (χ3n) is 2.15. The fourth-order valence-electron chi connectivity index (χ4n) is 1.60. The molecule has 4 nitrogen and oxygen atoms in total. The molecule has 0 N–H and O–H groups in total. The van der Waals surface area contributed by atoms with E-state index >= 15 is 0 Å². The summed E-state index contributed by atoms with van der Waals surface area (Å²) in [5.74, 6) is 0.513. The van der Waals surface area contributed by atoms with Gasteiger partial charge in [-0.2, -0.15) is 0 Å². The van der Waals surface area contributed by atoms with Gasteiger partial charge in [0.1, 0.15) is 5.75 Å². The first-order valence-corrected chi connectivity index (χ1v) is 4.48. The van der Waals surface area contributed by atoms with Gasteiger partial charge in [0.25, 0.3) is 5.69 Å². The molecule has 0 bridgehead atoms. The smallest absolute Gasteiger partial charge is 0.341 e. The summed E-state index contributed by atoms with van der Waals surface area (Å²) in [7, 11) is 2.89. The van der Waals surface area contributed by atoms with Crippen LogP contribution in [0.4, 0.5) is 5.69 Å². The maximum Gasteiger partial charge on any atom is 0.341 e. The molecule has 14 heavy (non-hydrogen) atoms. The van der Waals surface area contributed by atoms with E-state index in [1.165, 1.54) is 0 Å². The van der Waals surface area contributed by atoms with Crippen LogP contribution in [-0.2, 0) is 0 Å². The van der Waals surface area contributed by atoms with Crippen LogP contribution in [0.1, 0.15) is 16.7 Å². The lowest BCUT2D eigenvalue weighted by molar-refractivity contribution is -0.386. The number of nitrogens with zero attached hydrogens (tertiary/aromatic N) is 1. The Bertz CT molecular complexity index is 390. The highest BCUT2D eigenvalue weighted by Crippen LogP contribution is 2.33. The zero-order chi connectivity index (χ0) is 10.9. The molecular weight excluding hydrogens is 198 g/mol. The van der Waals surface area contributed by atoms with E-state index in [0.717, 1.165) is 5.56 Å². The molecule has 0 aliphatic heterocycles. The van der Waals surface area contributed by atoms with Crippen LogP contribution in [0.15, 0.2) is 6.07 Å². The molecule has 0 fully saturated rings. The van der Waals surface area contributed by atoms with Crippen LogP contribution in [0.2, 0.25) is 0 Å². The molecule has 0 amide bonds. The van der Waals surface area contributed by atoms with Crippen LogP contribution in [-0.4, -0.2) is 15.4 Å². The molecule has 1 aromatic carbocycles. The molecular formula is C9H10NO3Si. The van der Waals surface area contributed by atoms with Gasteiger partial charge in [0.2, 0.25) is 0 Å². The van der Waals surface area contributed by atoms with Crippen molar-refractivity contribution in [2.45, 2.75) is 20.8 Å². The zero-order valence-corrected chi connectivity index (χ0v) is 9.25. The number of hydrogen-bond acceptors (Lipinski definition) is 3. The SMILES string of the molecule is Cc1cc(C)c([N+](=O)[O-])c(C)c1O[Si]. The highest BCUT2D eigenvalue weighted by molar-refractivity contribution is 6.00. The van der Waals surface area contributed by atoms with Gasteiger partial charge in [-0.15, -0.1) is 0 Å². The Hall–Kier alpha value is -1.36. The van der Waals surface area contributed by atoms with Gasteiger partial charge < -0.3 is 4.43 Å². The van der Waals surface area contributed by atoms with E-state index < -0.39 is 4.92 Å². The molecule has 5 heteroatoms. The Morgan fingerprint density at radius 3 is 2.36 bits per heavy atom. The molecule has 0 aliphatic rings. The zero-order valence-electron chi connectivity index (χ0n) is 8.25. The molecule has 0 spiro atoms. The molecule has 3 radical (unpaired) electrons. The maximum absolute atomic E-state index is 10.8. The second-order valence-electron chi connectivity index (χ2n) is 3.17. The lowest BCUT2D eigenvalue weighted by Crippen LogP contribution is -2.00. The van der Waals surface area contributed by atoms with Crippen LogP contribution in [0.5, 0.6) is 5.75 Å². The summed E-state index contributed by atoms with van der Waals surface area (Å²) < 4.78 is 4.92. The first-order valence-electron chi connectivity index (χ1n) is 4.07. The van der Waals surface area contributed by atoms with Crippen LogP contribution >= 0.6 is 0 Å². The van der Waals surface area contributed by atoms with Crippen molar-refractivity contribution < 1.29 is 9.35 Å². The van der Waals surface area contributed by atoms with Crippen LogP contribution in [0.25, 0.3) is 0 Å². The van der Waals surface area contributed by atoms with Crippen molar-refractivity contribution in [3.05, 3.63) is 32.9 Å². The Morgan fingerprint density at radius 1 is 1.36 bits per heavy atom. The summed E-state index contributed by atoms with van der Waals surface area (Å²) in [6, 6.07) is 1.74. The number of aryl methyl sites for hydroxylation is 2. The highest BCUT2D eigenvalue weighted by Gasteiger charge is 2.19. The van der Waals surface area contributed by atoms with Crippen LogP contribution < -0.4 is 4.43 Å². The molecule has 1 rings (SSSR count). The number of nitro groups is 1. The van der Waals surface area contributed by atoms with E-state index in [-0.39, 0.29) is 5.69 Å². The van der Waals surface area contributed by atoms with Gasteiger partial charge in [-0.05, 0) is 32.4 Å². The molecule has 1 aromatic rings. The summed E-state index contributed by atoms with van der Waals surface area (Å²) in [5.41, 5.74) is 2.18. The third-order valence-corrected chi connectivity index (χ3v) is 2.35. The van der Waals surface area contributed by atoms with Crippen LogP contribution in [0.3, 0.4) is 0 Å². The first kappa shape index (κ1) is 10.7. The molecule has 0 saturated carbocycles. The third kappa shape index (κ3) is 1.63. The van der Waals surface area contributed by atoms with E-state index in [4.69, 9.17) is 4.43 Å². The molecule has 0 heterocycles. The van der Waals surface area contributed by atoms with E-state index in [2.05, 4.69) is 10.5 Å². The largest absolute Gasteiger partial charge is 0.540 e. The second-order valence-corrected chi connectivity index (χ2v) is 3.38. The van der Waals surface area contributed by atoms with Crippen molar-refractivity contribution >= 4 is 16.2 Å². The van der Waals surface area contributed by atoms with Gasteiger partial charge in [-0.1, -0.05) is 0 Å². The van der Waals surface area contributed by atoms with Crippen LogP contribution in [0, 0.1) is 30.9 Å². The molecule has 0 unspecified atom stereocenters. The Morgan fingerprint density at radius 2 is 1.93 bits per heavy atom. The van der Waals surface area contributed by atoms with E-state index in [9.17, 15) is 10.1 Å². The Kier molecular flexibility index (Phi) is 2.90. The quantitative estimate of drug-likeness (QED) is 0.424. The lowest BCUT2D eigenvalue weighted by Gasteiger charge is -2.10. The maximum atomic E-state index is 10.8. The minimum Gasteiger partial charge on any atom is -0.540 e. The van der Waals surface area contributed by atoms with E-state index in [1.54, 1.807) is 19.9 Å². The minimum atomic E-state index is -0.390. The van der Waals surface area contributed by atoms with E-state index in [1.807, 2.05) is 6.92 Å². The van der Waals surface area contributed by atoms with E-state index in [0.29, 0.717) is 16.9 Å². The molecule has 0 atom stereocenters. The summed E-state index contributed by atoms with van der Waals surface area (Å²) in [5, 5.41) is 10.8. The average molecular weight is 208 g/mol. The Labute approximate surface area is 85.6 Å². The molecule has 0 aromatic heterocycles. The molecule has 0 saturated heterocycles. The fourth-order valence-corrected chi connectivity index (χ4v) is 1.91. The second kappa shape index (κ2) is 3.79. The number of hydrogen-bond donors (Lipinski definition) is 0. The van der Waals surface area contributed by atoms with Crippen molar-refractivity contribution in [1.82, 2.24) is 0 Å². The van der Waals surface area contributed by atoms with Crippen molar-refractivity contribution in [1.29, 1.82) is 0 Å². The predicted molar refractivity (Wildman–Crippen MR) is 53.7 cm³/mol. The average Bonchev–Trinajstić information content (AvgIpc) is 2.02. The van der Waals surface area contributed by atoms with Crippen molar-refractivity contribution in [2.24, 2.45) is 0 Å². The van der Waals surface area contributed by atoms with Crippen molar-refractivity contribution in [3.8, 4) is 5.75 Å². The lowest BCUT2D eigenvalue weighted by atomic mass is 10.0. The van der Waals surface area contributed by atoms with Crippen molar-refractivity contribution in [2.75, 3.05) is 0 Å². The standard InChI is InChI=1S/C9H10NO3Si/c1-5-4-6(2)9(13-14)7(3)8(5)10(11)12/h4H,1-3H3. The fraction of sp³-hybridized carbons (Fsp3) is 0.333. The summed E-state index contributed by atoms with van der Waals surface area (Å²) in [6.45, 7) is 5.24. The predicted octanol–water partition coefficient (Wildman–Crippen LogP) is 1.98. The van der Waals surface area contributed by atoms with Gasteiger partial charge in [0, 0.05) is 5.56 Å². The molecule has 73 valence electrons. The van der Waals surface area contributed by atoms with Gasteiger partial charge in [0.15, 0.2) is 0 Å². The van der Waals surface area contributed by atoms with Gasteiger partial charge >= 0.3 is 10.5 Å². The monoisotopic (exact) mass is 208 g/mol. The summed E-state index contributed by atoms with van der Waals surface area (Å²) in [6.07, 6.45) is 0. The minimum absolute atomic E-state index is 0.115. The molecule has 0 aliphatic carbocycles. The van der Waals surface area contributed by atoms with Gasteiger partial charge in [-0.25, -0.2) is 0 Å². The summed E-state index contributed by atoms with van der Waals surface area (Å²) >= 11 is 0. The van der Waals surface area contributed by atoms with Gasteiger partial charge in [0.05, 0.1) is 10.5 Å². The highest BCUT2D eigenvalue weighted by atomic mass is 28.2.